The van der Waals surface area contributed by atoms with Crippen molar-refractivity contribution in [2.75, 3.05) is 20.2 Å². The fraction of sp³-hybridized carbons (Fsp3) is 0.364. The Kier molecular flexibility index (Phi) is 5.79. The molecule has 142 valence electrons. The zero-order valence-corrected chi connectivity index (χ0v) is 16.0. The van der Waals surface area contributed by atoms with Crippen LogP contribution in [0.2, 0.25) is 0 Å². The van der Waals surface area contributed by atoms with Crippen molar-refractivity contribution in [2.45, 2.75) is 25.8 Å². The average molecular weight is 366 g/mol. The molecule has 1 heterocycles. The van der Waals surface area contributed by atoms with Crippen LogP contribution in [0.4, 0.5) is 0 Å². The van der Waals surface area contributed by atoms with E-state index in [0.29, 0.717) is 18.7 Å². The van der Waals surface area contributed by atoms with Crippen molar-refractivity contribution in [2.24, 2.45) is 5.92 Å². The van der Waals surface area contributed by atoms with E-state index in [0.717, 1.165) is 11.3 Å². The number of hydrogen-bond donors (Lipinski definition) is 1. The summed E-state index contributed by atoms with van der Waals surface area (Å²) in [5.41, 5.74) is 1.66. The first-order valence-corrected chi connectivity index (χ1v) is 9.28. The van der Waals surface area contributed by atoms with Crippen molar-refractivity contribution >= 4 is 11.8 Å². The zero-order valence-electron chi connectivity index (χ0n) is 16.0. The summed E-state index contributed by atoms with van der Waals surface area (Å²) >= 11 is 0. The lowest BCUT2D eigenvalue weighted by atomic mass is 9.88. The van der Waals surface area contributed by atoms with Crippen molar-refractivity contribution in [3.8, 4) is 5.75 Å². The highest BCUT2D eigenvalue weighted by molar-refractivity contribution is 5.95. The number of hydrogen-bond acceptors (Lipinski definition) is 3. The second-order valence-electron chi connectivity index (χ2n) is 7.23. The third kappa shape index (κ3) is 4.30. The van der Waals surface area contributed by atoms with E-state index >= 15 is 0 Å². The predicted molar refractivity (Wildman–Crippen MR) is 105 cm³/mol. The first-order chi connectivity index (χ1) is 13.0. The number of likely N-dealkylation sites (tertiary alicyclic amines) is 1. The number of nitrogens with zero attached hydrogens (tertiary/aromatic N) is 1. The maximum Gasteiger partial charge on any atom is 0.253 e. The largest absolute Gasteiger partial charge is 0.497 e. The van der Waals surface area contributed by atoms with E-state index in [2.05, 4.69) is 5.32 Å². The van der Waals surface area contributed by atoms with Crippen LogP contribution < -0.4 is 10.1 Å². The molecule has 5 heteroatoms. The number of benzene rings is 2. The number of carbonyl (C=O) groups excluding carboxylic acids is 2. The lowest BCUT2D eigenvalue weighted by molar-refractivity contribution is -0.125. The molecule has 3 rings (SSSR count). The summed E-state index contributed by atoms with van der Waals surface area (Å²) in [6, 6.07) is 17.0. The molecule has 0 unspecified atom stereocenters. The quantitative estimate of drug-likeness (QED) is 0.885. The molecule has 0 aromatic heterocycles. The van der Waals surface area contributed by atoms with Gasteiger partial charge in [-0.15, -0.1) is 0 Å². The molecule has 1 fully saturated rings. The van der Waals surface area contributed by atoms with Crippen LogP contribution in [0, 0.1) is 5.92 Å². The molecular formula is C22H26N2O3. The van der Waals surface area contributed by atoms with E-state index in [4.69, 9.17) is 4.74 Å². The predicted octanol–water partition coefficient (Wildman–Crippen LogP) is 3.08. The van der Waals surface area contributed by atoms with Gasteiger partial charge in [0.15, 0.2) is 0 Å². The van der Waals surface area contributed by atoms with Gasteiger partial charge in [-0.05, 0) is 43.7 Å². The molecule has 2 amide bonds. The molecule has 0 radical (unpaired) electrons. The van der Waals surface area contributed by atoms with Crippen LogP contribution >= 0.6 is 0 Å². The van der Waals surface area contributed by atoms with Crippen LogP contribution in [0.1, 0.15) is 35.7 Å². The van der Waals surface area contributed by atoms with Gasteiger partial charge in [-0.25, -0.2) is 0 Å². The molecule has 0 aliphatic carbocycles. The maximum absolute atomic E-state index is 12.9. The van der Waals surface area contributed by atoms with Crippen LogP contribution in [-0.2, 0) is 4.79 Å². The van der Waals surface area contributed by atoms with Gasteiger partial charge in [0.25, 0.3) is 5.91 Å². The number of rotatable bonds is 5. The lowest BCUT2D eigenvalue weighted by Gasteiger charge is -2.20. The van der Waals surface area contributed by atoms with E-state index in [9.17, 15) is 9.59 Å². The molecule has 27 heavy (non-hydrogen) atoms. The van der Waals surface area contributed by atoms with Crippen LogP contribution in [0.3, 0.4) is 0 Å². The summed E-state index contributed by atoms with van der Waals surface area (Å²) in [5.74, 6) is 0.353. The highest BCUT2D eigenvalue weighted by atomic mass is 16.5. The first-order valence-electron chi connectivity index (χ1n) is 9.28. The van der Waals surface area contributed by atoms with Crippen molar-refractivity contribution in [1.82, 2.24) is 10.2 Å². The molecule has 1 N–H and O–H groups in total. The highest BCUT2D eigenvalue weighted by Gasteiger charge is 2.40. The number of nitrogens with one attached hydrogen (secondary N) is 1. The molecule has 0 saturated carbocycles. The third-order valence-corrected chi connectivity index (χ3v) is 4.92. The standard InChI is InChI=1S/C22H26N2O3/c1-15(2)23-21(25)20-14-24(22(26)16-8-5-4-6-9-16)13-19(20)17-10-7-11-18(12-17)27-3/h4-12,15,19-20H,13-14H2,1-3H3,(H,23,25)/t19-,20+/m0/s1. The lowest BCUT2D eigenvalue weighted by Crippen LogP contribution is -2.39. The van der Waals surface area contributed by atoms with Crippen molar-refractivity contribution in [3.05, 3.63) is 65.7 Å². The Hall–Kier alpha value is -2.82. The number of carbonyl (C=O) groups is 2. The number of amides is 2. The summed E-state index contributed by atoms with van der Waals surface area (Å²) in [6.45, 7) is 4.81. The Morgan fingerprint density at radius 2 is 1.81 bits per heavy atom. The molecule has 2 aromatic rings. The van der Waals surface area contributed by atoms with Crippen LogP contribution in [0.15, 0.2) is 54.6 Å². The Morgan fingerprint density at radius 1 is 1.07 bits per heavy atom. The van der Waals surface area contributed by atoms with Gasteiger partial charge in [0.05, 0.1) is 13.0 Å². The van der Waals surface area contributed by atoms with Gasteiger partial charge in [0, 0.05) is 30.6 Å². The third-order valence-electron chi connectivity index (χ3n) is 4.92. The molecule has 2 atom stereocenters. The normalized spacial score (nSPS) is 19.2. The van der Waals surface area contributed by atoms with Crippen molar-refractivity contribution in [1.29, 1.82) is 0 Å². The molecular weight excluding hydrogens is 340 g/mol. The van der Waals surface area contributed by atoms with E-state index in [-0.39, 0.29) is 29.7 Å². The highest BCUT2D eigenvalue weighted by Crippen LogP contribution is 2.35. The fourth-order valence-electron chi connectivity index (χ4n) is 3.60. The van der Waals surface area contributed by atoms with E-state index < -0.39 is 0 Å². The summed E-state index contributed by atoms with van der Waals surface area (Å²) in [6.07, 6.45) is 0. The molecule has 0 spiro atoms. The Labute approximate surface area is 160 Å². The topological polar surface area (TPSA) is 58.6 Å². The molecule has 1 aliphatic heterocycles. The Morgan fingerprint density at radius 3 is 2.48 bits per heavy atom. The fourth-order valence-corrected chi connectivity index (χ4v) is 3.60. The van der Waals surface area contributed by atoms with Crippen LogP contribution in [0.25, 0.3) is 0 Å². The SMILES string of the molecule is COc1cccc([C@@H]2CN(C(=O)c3ccccc3)C[C@H]2C(=O)NC(C)C)c1. The maximum atomic E-state index is 12.9. The van der Waals surface area contributed by atoms with Crippen LogP contribution in [-0.4, -0.2) is 43.0 Å². The smallest absolute Gasteiger partial charge is 0.253 e. The van der Waals surface area contributed by atoms with Crippen molar-refractivity contribution < 1.29 is 14.3 Å². The second-order valence-corrected chi connectivity index (χ2v) is 7.23. The Balaban J connectivity index is 1.88. The van der Waals surface area contributed by atoms with Crippen molar-refractivity contribution in [3.63, 3.8) is 0 Å². The van der Waals surface area contributed by atoms with E-state index in [1.807, 2.05) is 68.4 Å². The molecule has 2 aromatic carbocycles. The van der Waals surface area contributed by atoms with Gasteiger partial charge in [-0.2, -0.15) is 0 Å². The zero-order chi connectivity index (χ0) is 19.4. The average Bonchev–Trinajstić information content (AvgIpc) is 3.13. The minimum Gasteiger partial charge on any atom is -0.497 e. The van der Waals surface area contributed by atoms with E-state index in [1.54, 1.807) is 12.0 Å². The minimum absolute atomic E-state index is 0.0128. The monoisotopic (exact) mass is 366 g/mol. The molecule has 1 saturated heterocycles. The summed E-state index contributed by atoms with van der Waals surface area (Å²) < 4.78 is 5.34. The van der Waals surface area contributed by atoms with Crippen LogP contribution in [0.5, 0.6) is 5.75 Å². The summed E-state index contributed by atoms with van der Waals surface area (Å²) in [4.78, 5) is 27.5. The summed E-state index contributed by atoms with van der Waals surface area (Å²) in [5, 5.41) is 3.00. The summed E-state index contributed by atoms with van der Waals surface area (Å²) in [7, 11) is 1.63. The van der Waals surface area contributed by atoms with Gasteiger partial charge in [-0.1, -0.05) is 30.3 Å². The van der Waals surface area contributed by atoms with Gasteiger partial charge in [0.2, 0.25) is 5.91 Å². The minimum atomic E-state index is -0.285. The molecule has 5 nitrogen and oxygen atoms in total. The Bertz CT molecular complexity index is 804. The number of methoxy groups -OCH3 is 1. The second kappa shape index (κ2) is 8.25. The first kappa shape index (κ1) is 19.0. The van der Waals surface area contributed by atoms with Gasteiger partial charge < -0.3 is 15.0 Å². The molecule has 1 aliphatic rings. The van der Waals surface area contributed by atoms with Gasteiger partial charge >= 0.3 is 0 Å². The molecule has 0 bridgehead atoms. The van der Waals surface area contributed by atoms with Gasteiger partial charge in [0.1, 0.15) is 5.75 Å². The number of ether oxygens (including phenoxy) is 1. The van der Waals surface area contributed by atoms with Gasteiger partial charge in [-0.3, -0.25) is 9.59 Å². The van der Waals surface area contributed by atoms with E-state index in [1.165, 1.54) is 0 Å².